The highest BCUT2D eigenvalue weighted by molar-refractivity contribution is 5.97. The lowest BCUT2D eigenvalue weighted by Crippen LogP contribution is -2.37. The van der Waals surface area contributed by atoms with Crippen LogP contribution in [-0.4, -0.2) is 37.4 Å². The zero-order valence-corrected chi connectivity index (χ0v) is 12.9. The van der Waals surface area contributed by atoms with E-state index in [-0.39, 0.29) is 18.6 Å². The SMILES string of the molecule is CCC(COC)NC(=O)c1cc(C)ccc1C#CCCO. The first-order valence-corrected chi connectivity index (χ1v) is 7.12. The van der Waals surface area contributed by atoms with E-state index in [1.54, 1.807) is 7.11 Å². The molecule has 1 aromatic carbocycles. The molecule has 1 rings (SSSR count). The first-order chi connectivity index (χ1) is 10.1. The summed E-state index contributed by atoms with van der Waals surface area (Å²) < 4.78 is 5.09. The number of hydrogen-bond donors (Lipinski definition) is 2. The number of nitrogens with one attached hydrogen (secondary N) is 1. The molecule has 0 aliphatic rings. The molecule has 4 heteroatoms. The van der Waals surface area contributed by atoms with Gasteiger partial charge in [-0.2, -0.15) is 0 Å². The summed E-state index contributed by atoms with van der Waals surface area (Å²) in [7, 11) is 1.62. The molecule has 0 fully saturated rings. The minimum Gasteiger partial charge on any atom is -0.395 e. The van der Waals surface area contributed by atoms with Crippen LogP contribution in [0.3, 0.4) is 0 Å². The normalized spacial score (nSPS) is 11.4. The number of methoxy groups -OCH3 is 1. The Morgan fingerprint density at radius 2 is 2.24 bits per heavy atom. The summed E-state index contributed by atoms with van der Waals surface area (Å²) in [6.45, 7) is 4.45. The van der Waals surface area contributed by atoms with Gasteiger partial charge in [0.05, 0.1) is 24.8 Å². The fourth-order valence-corrected chi connectivity index (χ4v) is 1.89. The molecule has 1 unspecified atom stereocenters. The number of aryl methyl sites for hydroxylation is 1. The minimum absolute atomic E-state index is 0.0127. The number of aliphatic hydroxyl groups excluding tert-OH is 1. The highest BCUT2D eigenvalue weighted by Crippen LogP contribution is 2.11. The molecular formula is C17H23NO3. The topological polar surface area (TPSA) is 58.6 Å². The molecule has 0 heterocycles. The maximum Gasteiger partial charge on any atom is 0.252 e. The molecule has 21 heavy (non-hydrogen) atoms. The molecule has 0 bridgehead atoms. The van der Waals surface area contributed by atoms with Crippen LogP contribution in [0.25, 0.3) is 0 Å². The van der Waals surface area contributed by atoms with Crippen LogP contribution in [0, 0.1) is 18.8 Å². The summed E-state index contributed by atoms with van der Waals surface area (Å²) in [5.41, 5.74) is 2.25. The van der Waals surface area contributed by atoms with Gasteiger partial charge in [0, 0.05) is 19.1 Å². The van der Waals surface area contributed by atoms with Crippen molar-refractivity contribution >= 4 is 5.91 Å². The highest BCUT2D eigenvalue weighted by atomic mass is 16.5. The van der Waals surface area contributed by atoms with Crippen molar-refractivity contribution in [3.8, 4) is 11.8 Å². The molecule has 1 aromatic rings. The van der Waals surface area contributed by atoms with Gasteiger partial charge in [0.15, 0.2) is 0 Å². The van der Waals surface area contributed by atoms with Gasteiger partial charge in [-0.1, -0.05) is 30.4 Å². The smallest absolute Gasteiger partial charge is 0.252 e. The van der Waals surface area contributed by atoms with Crippen LogP contribution in [0.1, 0.15) is 41.3 Å². The number of aliphatic hydroxyl groups is 1. The second-order valence-electron chi connectivity index (χ2n) is 4.86. The number of carbonyl (C=O) groups excluding carboxylic acids is 1. The quantitative estimate of drug-likeness (QED) is 0.786. The lowest BCUT2D eigenvalue weighted by molar-refractivity contribution is 0.0894. The Hall–Kier alpha value is -1.83. The molecule has 114 valence electrons. The van der Waals surface area contributed by atoms with Gasteiger partial charge in [-0.3, -0.25) is 4.79 Å². The monoisotopic (exact) mass is 289 g/mol. The van der Waals surface area contributed by atoms with Gasteiger partial charge in [-0.05, 0) is 25.5 Å². The average molecular weight is 289 g/mol. The third-order valence-electron chi connectivity index (χ3n) is 3.08. The van der Waals surface area contributed by atoms with E-state index in [1.807, 2.05) is 32.0 Å². The Morgan fingerprint density at radius 1 is 1.48 bits per heavy atom. The molecule has 0 aliphatic carbocycles. The third kappa shape index (κ3) is 5.58. The number of carbonyl (C=O) groups is 1. The first-order valence-electron chi connectivity index (χ1n) is 7.12. The second-order valence-corrected chi connectivity index (χ2v) is 4.86. The van der Waals surface area contributed by atoms with Gasteiger partial charge >= 0.3 is 0 Å². The molecule has 2 N–H and O–H groups in total. The van der Waals surface area contributed by atoms with Crippen molar-refractivity contribution in [1.29, 1.82) is 0 Å². The van der Waals surface area contributed by atoms with Gasteiger partial charge in [0.1, 0.15) is 0 Å². The van der Waals surface area contributed by atoms with Crippen molar-refractivity contribution in [2.75, 3.05) is 20.3 Å². The van der Waals surface area contributed by atoms with Crippen LogP contribution in [0.15, 0.2) is 18.2 Å². The summed E-state index contributed by atoms with van der Waals surface area (Å²) in [6.07, 6.45) is 1.20. The van der Waals surface area contributed by atoms with Crippen molar-refractivity contribution in [3.05, 3.63) is 34.9 Å². The molecular weight excluding hydrogens is 266 g/mol. The van der Waals surface area contributed by atoms with E-state index in [4.69, 9.17) is 9.84 Å². The lowest BCUT2D eigenvalue weighted by atomic mass is 10.0. The second kappa shape index (κ2) is 9.17. The largest absolute Gasteiger partial charge is 0.395 e. The molecule has 1 amide bonds. The zero-order valence-electron chi connectivity index (χ0n) is 12.9. The molecule has 0 spiro atoms. The number of hydrogen-bond acceptors (Lipinski definition) is 3. The number of rotatable bonds is 6. The van der Waals surface area contributed by atoms with E-state index in [0.717, 1.165) is 12.0 Å². The van der Waals surface area contributed by atoms with Gasteiger partial charge < -0.3 is 15.2 Å². The Bertz CT molecular complexity index is 529. The standard InChI is InChI=1S/C17H23NO3/c1-4-15(12-21-3)18-17(20)16-11-13(2)8-9-14(16)7-5-6-10-19/h8-9,11,15,19H,4,6,10,12H2,1-3H3,(H,18,20). The Balaban J connectivity index is 2.96. The molecule has 0 aromatic heterocycles. The van der Waals surface area contributed by atoms with Crippen LogP contribution in [0.5, 0.6) is 0 Å². The predicted molar refractivity (Wildman–Crippen MR) is 83.2 cm³/mol. The Kier molecular flexibility index (Phi) is 7.52. The van der Waals surface area contributed by atoms with Gasteiger partial charge in [0.25, 0.3) is 5.91 Å². The number of benzene rings is 1. The molecule has 4 nitrogen and oxygen atoms in total. The van der Waals surface area contributed by atoms with Crippen LogP contribution in [0.2, 0.25) is 0 Å². The average Bonchev–Trinajstić information content (AvgIpc) is 2.48. The highest BCUT2D eigenvalue weighted by Gasteiger charge is 2.14. The maximum absolute atomic E-state index is 12.4. The fraction of sp³-hybridized carbons (Fsp3) is 0.471. The van der Waals surface area contributed by atoms with E-state index in [1.165, 1.54) is 0 Å². The summed E-state index contributed by atoms with van der Waals surface area (Å²) in [6, 6.07) is 5.58. The van der Waals surface area contributed by atoms with Crippen LogP contribution in [-0.2, 0) is 4.74 Å². The van der Waals surface area contributed by atoms with Crippen LogP contribution < -0.4 is 5.32 Å². The Labute approximate surface area is 126 Å². The van der Waals surface area contributed by atoms with Crippen molar-refractivity contribution in [2.24, 2.45) is 0 Å². The van der Waals surface area contributed by atoms with Gasteiger partial charge in [-0.15, -0.1) is 0 Å². The maximum atomic E-state index is 12.4. The van der Waals surface area contributed by atoms with Crippen LogP contribution in [0.4, 0.5) is 0 Å². The van der Waals surface area contributed by atoms with Gasteiger partial charge in [0.2, 0.25) is 0 Å². The van der Waals surface area contributed by atoms with Crippen molar-refractivity contribution in [2.45, 2.75) is 32.7 Å². The van der Waals surface area contributed by atoms with E-state index in [9.17, 15) is 4.79 Å². The number of amides is 1. The van der Waals surface area contributed by atoms with Crippen LogP contribution >= 0.6 is 0 Å². The lowest BCUT2D eigenvalue weighted by Gasteiger charge is -2.16. The molecule has 0 saturated carbocycles. The van der Waals surface area contributed by atoms with Crippen molar-refractivity contribution in [3.63, 3.8) is 0 Å². The summed E-state index contributed by atoms with van der Waals surface area (Å²) in [5, 5.41) is 11.7. The van der Waals surface area contributed by atoms with E-state index in [0.29, 0.717) is 24.2 Å². The summed E-state index contributed by atoms with van der Waals surface area (Å²) in [5.74, 6) is 5.65. The first kappa shape index (κ1) is 17.2. The van der Waals surface area contributed by atoms with Crippen molar-refractivity contribution < 1.29 is 14.6 Å². The minimum atomic E-state index is -0.143. The zero-order chi connectivity index (χ0) is 15.7. The number of ether oxygens (including phenoxy) is 1. The molecule has 1 atom stereocenters. The van der Waals surface area contributed by atoms with E-state index in [2.05, 4.69) is 17.2 Å². The van der Waals surface area contributed by atoms with Gasteiger partial charge in [-0.25, -0.2) is 0 Å². The fourth-order valence-electron chi connectivity index (χ4n) is 1.89. The molecule has 0 saturated heterocycles. The van der Waals surface area contributed by atoms with E-state index < -0.39 is 0 Å². The Morgan fingerprint density at radius 3 is 2.86 bits per heavy atom. The van der Waals surface area contributed by atoms with E-state index >= 15 is 0 Å². The predicted octanol–water partition coefficient (Wildman–Crippen LogP) is 1.88. The molecule has 0 radical (unpaired) electrons. The third-order valence-corrected chi connectivity index (χ3v) is 3.08. The van der Waals surface area contributed by atoms with Crippen molar-refractivity contribution in [1.82, 2.24) is 5.32 Å². The summed E-state index contributed by atoms with van der Waals surface area (Å²) in [4.78, 5) is 12.4. The molecule has 0 aliphatic heterocycles. The summed E-state index contributed by atoms with van der Waals surface area (Å²) >= 11 is 0.